The normalized spacial score (nSPS) is 15.2. The van der Waals surface area contributed by atoms with Gasteiger partial charge in [-0.05, 0) is 36.8 Å². The Hall–Kier alpha value is -2.11. The molecule has 0 unspecified atom stereocenters. The van der Waals surface area contributed by atoms with E-state index in [0.717, 1.165) is 43.6 Å². The average Bonchev–Trinajstić information content (AvgIpc) is 2.62. The number of anilines is 1. The molecule has 6 heteroatoms. The van der Waals surface area contributed by atoms with Crippen molar-refractivity contribution < 1.29 is 9.53 Å². The van der Waals surface area contributed by atoms with Crippen LogP contribution in [0.15, 0.2) is 36.4 Å². The van der Waals surface area contributed by atoms with E-state index in [1.54, 1.807) is 6.07 Å². The van der Waals surface area contributed by atoms with Crippen LogP contribution in [0.25, 0.3) is 0 Å². The molecule has 5 nitrogen and oxygen atoms in total. The third-order valence-electron chi connectivity index (χ3n) is 4.47. The molecular weight excluding hydrogens is 338 g/mol. The van der Waals surface area contributed by atoms with Crippen molar-refractivity contribution in [3.63, 3.8) is 0 Å². The first-order chi connectivity index (χ1) is 12.1. The number of hydrogen-bond acceptors (Lipinski definition) is 5. The number of carbonyl (C=O) groups excluding carboxylic acids is 1. The number of esters is 1. The molecule has 0 spiro atoms. The molecule has 0 amide bonds. The predicted octanol–water partition coefficient (Wildman–Crippen LogP) is 3.15. The zero-order chi connectivity index (χ0) is 17.8. The summed E-state index contributed by atoms with van der Waals surface area (Å²) in [7, 11) is 1.38. The number of benzene rings is 1. The van der Waals surface area contributed by atoms with Crippen LogP contribution in [0.3, 0.4) is 0 Å². The van der Waals surface area contributed by atoms with Crippen LogP contribution in [-0.4, -0.2) is 49.1 Å². The highest BCUT2D eigenvalue weighted by molar-refractivity contribution is 6.30. The van der Waals surface area contributed by atoms with Crippen molar-refractivity contribution in [2.45, 2.75) is 13.5 Å². The maximum atomic E-state index is 11.7. The molecule has 1 aliphatic heterocycles. The number of methoxy groups -OCH3 is 1. The summed E-state index contributed by atoms with van der Waals surface area (Å²) in [5, 5.41) is 0.779. The molecule has 1 fully saturated rings. The van der Waals surface area contributed by atoms with Crippen molar-refractivity contribution >= 4 is 23.4 Å². The topological polar surface area (TPSA) is 45.7 Å². The minimum Gasteiger partial charge on any atom is -0.465 e. The number of aromatic nitrogens is 1. The monoisotopic (exact) mass is 359 g/mol. The highest BCUT2D eigenvalue weighted by Gasteiger charge is 2.19. The Kier molecular flexibility index (Phi) is 5.56. The van der Waals surface area contributed by atoms with Gasteiger partial charge in [-0.3, -0.25) is 4.90 Å². The zero-order valence-corrected chi connectivity index (χ0v) is 15.3. The molecule has 1 saturated heterocycles. The van der Waals surface area contributed by atoms with Crippen molar-refractivity contribution in [1.82, 2.24) is 9.88 Å². The Labute approximate surface area is 153 Å². The van der Waals surface area contributed by atoms with Crippen LogP contribution < -0.4 is 4.90 Å². The van der Waals surface area contributed by atoms with E-state index >= 15 is 0 Å². The molecule has 25 heavy (non-hydrogen) atoms. The SMILES string of the molecule is COC(=O)c1ccc(N2CCN(Cc3cccc(Cl)c3)CC2)nc1C. The molecule has 2 heterocycles. The van der Waals surface area contributed by atoms with Gasteiger partial charge in [0.1, 0.15) is 5.82 Å². The lowest BCUT2D eigenvalue weighted by molar-refractivity contribution is 0.0599. The molecule has 0 bridgehead atoms. The highest BCUT2D eigenvalue weighted by Crippen LogP contribution is 2.19. The Morgan fingerprint density at radius 3 is 2.60 bits per heavy atom. The number of rotatable bonds is 4. The number of halogens is 1. The Morgan fingerprint density at radius 1 is 1.20 bits per heavy atom. The average molecular weight is 360 g/mol. The molecule has 1 aromatic carbocycles. The molecule has 0 saturated carbocycles. The second-order valence-electron chi connectivity index (χ2n) is 6.19. The standard InChI is InChI=1S/C19H22ClN3O2/c1-14-17(19(24)25-2)6-7-18(21-14)23-10-8-22(9-11-23)13-15-4-3-5-16(20)12-15/h3-7,12H,8-11,13H2,1-2H3. The third-order valence-corrected chi connectivity index (χ3v) is 4.70. The summed E-state index contributed by atoms with van der Waals surface area (Å²) in [6.45, 7) is 6.49. The van der Waals surface area contributed by atoms with Crippen LogP contribution in [-0.2, 0) is 11.3 Å². The Morgan fingerprint density at radius 2 is 1.96 bits per heavy atom. The van der Waals surface area contributed by atoms with Gasteiger partial charge in [0.15, 0.2) is 0 Å². The second-order valence-corrected chi connectivity index (χ2v) is 6.62. The van der Waals surface area contributed by atoms with Crippen LogP contribution in [0.2, 0.25) is 5.02 Å². The molecule has 0 aliphatic carbocycles. The number of piperazine rings is 1. The molecule has 1 aromatic heterocycles. The van der Waals surface area contributed by atoms with Gasteiger partial charge in [-0.1, -0.05) is 23.7 Å². The van der Waals surface area contributed by atoms with Crippen LogP contribution in [0, 0.1) is 6.92 Å². The van der Waals surface area contributed by atoms with Gasteiger partial charge in [0.05, 0.1) is 18.4 Å². The lowest BCUT2D eigenvalue weighted by Crippen LogP contribution is -2.46. The van der Waals surface area contributed by atoms with Crippen LogP contribution in [0.1, 0.15) is 21.6 Å². The van der Waals surface area contributed by atoms with Gasteiger partial charge in [0, 0.05) is 37.7 Å². The van der Waals surface area contributed by atoms with Crippen LogP contribution >= 0.6 is 11.6 Å². The number of nitrogens with zero attached hydrogens (tertiary/aromatic N) is 3. The van der Waals surface area contributed by atoms with Gasteiger partial charge in [-0.2, -0.15) is 0 Å². The van der Waals surface area contributed by atoms with Crippen molar-refractivity contribution in [1.29, 1.82) is 0 Å². The van der Waals surface area contributed by atoms with E-state index < -0.39 is 0 Å². The number of pyridine rings is 1. The summed E-state index contributed by atoms with van der Waals surface area (Å²) < 4.78 is 4.77. The van der Waals surface area contributed by atoms with E-state index in [-0.39, 0.29) is 5.97 Å². The van der Waals surface area contributed by atoms with Gasteiger partial charge in [-0.15, -0.1) is 0 Å². The van der Waals surface area contributed by atoms with Crippen molar-refractivity contribution in [3.05, 3.63) is 58.2 Å². The molecule has 1 aliphatic rings. The number of hydrogen-bond donors (Lipinski definition) is 0. The fraction of sp³-hybridized carbons (Fsp3) is 0.368. The minimum absolute atomic E-state index is 0.345. The lowest BCUT2D eigenvalue weighted by atomic mass is 10.2. The molecule has 0 atom stereocenters. The fourth-order valence-corrected chi connectivity index (χ4v) is 3.29. The quantitative estimate of drug-likeness (QED) is 0.785. The first-order valence-electron chi connectivity index (χ1n) is 8.34. The van der Waals surface area contributed by atoms with Gasteiger partial charge in [0.2, 0.25) is 0 Å². The Bertz CT molecular complexity index is 758. The molecule has 0 radical (unpaired) electrons. The molecular formula is C19H22ClN3O2. The Balaban J connectivity index is 1.60. The van der Waals surface area contributed by atoms with Gasteiger partial charge < -0.3 is 9.64 Å². The summed E-state index contributed by atoms with van der Waals surface area (Å²) in [4.78, 5) is 20.9. The molecule has 0 N–H and O–H groups in total. The highest BCUT2D eigenvalue weighted by atomic mass is 35.5. The molecule has 132 valence electrons. The van der Waals surface area contributed by atoms with E-state index in [4.69, 9.17) is 16.3 Å². The van der Waals surface area contributed by atoms with E-state index in [2.05, 4.69) is 20.9 Å². The number of aryl methyl sites for hydroxylation is 1. The third kappa shape index (κ3) is 4.30. The molecule has 3 rings (SSSR count). The zero-order valence-electron chi connectivity index (χ0n) is 14.5. The number of carbonyl (C=O) groups is 1. The first-order valence-corrected chi connectivity index (χ1v) is 8.72. The van der Waals surface area contributed by atoms with Crippen molar-refractivity contribution in [3.8, 4) is 0 Å². The largest absolute Gasteiger partial charge is 0.465 e. The summed E-state index contributed by atoms with van der Waals surface area (Å²) in [5.74, 6) is 0.565. The first kappa shape index (κ1) is 17.7. The van der Waals surface area contributed by atoms with Crippen LogP contribution in [0.5, 0.6) is 0 Å². The van der Waals surface area contributed by atoms with Crippen LogP contribution in [0.4, 0.5) is 5.82 Å². The second kappa shape index (κ2) is 7.85. The smallest absolute Gasteiger partial charge is 0.339 e. The summed E-state index contributed by atoms with van der Waals surface area (Å²) in [5.41, 5.74) is 2.45. The van der Waals surface area contributed by atoms with Gasteiger partial charge >= 0.3 is 5.97 Å². The molecule has 2 aromatic rings. The van der Waals surface area contributed by atoms with Crippen molar-refractivity contribution in [2.75, 3.05) is 38.2 Å². The van der Waals surface area contributed by atoms with Crippen molar-refractivity contribution in [2.24, 2.45) is 0 Å². The van der Waals surface area contributed by atoms with Gasteiger partial charge in [0.25, 0.3) is 0 Å². The summed E-state index contributed by atoms with van der Waals surface area (Å²) in [6.07, 6.45) is 0. The fourth-order valence-electron chi connectivity index (χ4n) is 3.08. The predicted molar refractivity (Wildman–Crippen MR) is 99.3 cm³/mol. The number of ether oxygens (including phenoxy) is 1. The minimum atomic E-state index is -0.345. The maximum Gasteiger partial charge on any atom is 0.339 e. The summed E-state index contributed by atoms with van der Waals surface area (Å²) in [6, 6.07) is 11.7. The van der Waals surface area contributed by atoms with E-state index in [1.165, 1.54) is 12.7 Å². The van der Waals surface area contributed by atoms with E-state index in [9.17, 15) is 4.79 Å². The van der Waals surface area contributed by atoms with Gasteiger partial charge in [-0.25, -0.2) is 9.78 Å². The summed E-state index contributed by atoms with van der Waals surface area (Å²) >= 11 is 6.06. The lowest BCUT2D eigenvalue weighted by Gasteiger charge is -2.35. The van der Waals surface area contributed by atoms with E-state index in [0.29, 0.717) is 11.3 Å². The van der Waals surface area contributed by atoms with E-state index in [1.807, 2.05) is 31.2 Å². The maximum absolute atomic E-state index is 11.7.